The second-order valence-electron chi connectivity index (χ2n) is 5.91. The minimum absolute atomic E-state index is 0.0189. The van der Waals surface area contributed by atoms with E-state index in [1.807, 2.05) is 20.8 Å². The molecule has 6 heteroatoms. The van der Waals surface area contributed by atoms with Gasteiger partial charge in [-0.1, -0.05) is 12.1 Å². The van der Waals surface area contributed by atoms with E-state index >= 15 is 0 Å². The highest BCUT2D eigenvalue weighted by Gasteiger charge is 2.26. The minimum atomic E-state index is -3.17. The smallest absolute Gasteiger partial charge is 0.226 e. The highest BCUT2D eigenvalue weighted by Crippen LogP contribution is 2.19. The van der Waals surface area contributed by atoms with Crippen molar-refractivity contribution in [1.29, 1.82) is 0 Å². The molecular weight excluding hydrogens is 288 g/mol. The maximum atomic E-state index is 11.7. The Hall–Kier alpha value is -1.40. The largest absolute Gasteiger partial charge is 0.359 e. The first-order valence-electron chi connectivity index (χ1n) is 6.83. The Bertz CT molecular complexity index is 592. The number of sulfone groups is 1. The maximum absolute atomic E-state index is 11.7. The Kier molecular flexibility index (Phi) is 5.53. The summed E-state index contributed by atoms with van der Waals surface area (Å²) in [7, 11) is -1.55. The SMILES string of the molecule is CNC(=O)C(C)(C)CNC(C)c1ccc(S(C)(=O)=O)cc1. The van der Waals surface area contributed by atoms with Crippen LogP contribution in [0.1, 0.15) is 32.4 Å². The van der Waals surface area contributed by atoms with Crippen LogP contribution in [0.2, 0.25) is 0 Å². The zero-order valence-corrected chi connectivity index (χ0v) is 14.0. The standard InChI is InChI=1S/C15H24N2O3S/c1-11(17-10-15(2,3)14(18)16-4)12-6-8-13(9-7-12)21(5,19)20/h6-9,11,17H,10H2,1-5H3,(H,16,18). The van der Waals surface area contributed by atoms with Crippen LogP contribution >= 0.6 is 0 Å². The molecule has 1 unspecified atom stereocenters. The van der Waals surface area contributed by atoms with Gasteiger partial charge in [-0.25, -0.2) is 8.42 Å². The number of rotatable bonds is 6. The highest BCUT2D eigenvalue weighted by molar-refractivity contribution is 7.90. The van der Waals surface area contributed by atoms with Gasteiger partial charge in [0.05, 0.1) is 10.3 Å². The summed E-state index contributed by atoms with van der Waals surface area (Å²) in [5.41, 5.74) is 0.477. The molecule has 0 heterocycles. The van der Waals surface area contributed by atoms with Gasteiger partial charge < -0.3 is 10.6 Å². The first-order chi connectivity index (χ1) is 9.58. The lowest BCUT2D eigenvalue weighted by atomic mass is 9.91. The molecule has 118 valence electrons. The van der Waals surface area contributed by atoms with Crippen LogP contribution in [-0.4, -0.2) is 34.2 Å². The number of benzene rings is 1. The van der Waals surface area contributed by atoms with Crippen molar-refractivity contribution in [2.75, 3.05) is 19.8 Å². The van der Waals surface area contributed by atoms with Gasteiger partial charge in [0.2, 0.25) is 5.91 Å². The predicted molar refractivity (Wildman–Crippen MR) is 83.8 cm³/mol. The van der Waals surface area contributed by atoms with E-state index in [0.29, 0.717) is 11.4 Å². The van der Waals surface area contributed by atoms with Crippen LogP contribution in [0.15, 0.2) is 29.2 Å². The summed E-state index contributed by atoms with van der Waals surface area (Å²) in [6.45, 7) is 6.26. The summed E-state index contributed by atoms with van der Waals surface area (Å²) in [4.78, 5) is 12.0. The fourth-order valence-corrected chi connectivity index (χ4v) is 2.58. The van der Waals surface area contributed by atoms with Crippen LogP contribution in [0, 0.1) is 5.41 Å². The molecule has 0 fully saturated rings. The molecule has 0 spiro atoms. The number of hydrogen-bond donors (Lipinski definition) is 2. The van der Waals surface area contributed by atoms with Gasteiger partial charge in [-0.2, -0.15) is 0 Å². The van der Waals surface area contributed by atoms with E-state index in [-0.39, 0.29) is 11.9 Å². The summed E-state index contributed by atoms with van der Waals surface area (Å²) in [5.74, 6) is -0.0189. The predicted octanol–water partition coefficient (Wildman–Crippen LogP) is 1.51. The summed E-state index contributed by atoms with van der Waals surface area (Å²) >= 11 is 0. The first kappa shape index (κ1) is 17.7. The van der Waals surface area contributed by atoms with Crippen LogP contribution in [0.3, 0.4) is 0 Å². The zero-order valence-electron chi connectivity index (χ0n) is 13.2. The molecule has 0 bridgehead atoms. The highest BCUT2D eigenvalue weighted by atomic mass is 32.2. The normalized spacial score (nSPS) is 13.8. The molecule has 21 heavy (non-hydrogen) atoms. The Morgan fingerprint density at radius 1 is 1.24 bits per heavy atom. The van der Waals surface area contributed by atoms with Crippen molar-refractivity contribution in [1.82, 2.24) is 10.6 Å². The van der Waals surface area contributed by atoms with Gasteiger partial charge in [0.1, 0.15) is 0 Å². The molecule has 0 radical (unpaired) electrons. The molecule has 1 atom stereocenters. The molecule has 1 aromatic carbocycles. The monoisotopic (exact) mass is 312 g/mol. The van der Waals surface area contributed by atoms with E-state index in [4.69, 9.17) is 0 Å². The molecule has 1 aromatic rings. The van der Waals surface area contributed by atoms with Gasteiger partial charge in [-0.15, -0.1) is 0 Å². The van der Waals surface area contributed by atoms with Crippen molar-refractivity contribution in [3.63, 3.8) is 0 Å². The molecule has 0 aromatic heterocycles. The Morgan fingerprint density at radius 2 is 1.76 bits per heavy atom. The number of amides is 1. The van der Waals surface area contributed by atoms with E-state index in [2.05, 4.69) is 10.6 Å². The van der Waals surface area contributed by atoms with Crippen molar-refractivity contribution in [2.24, 2.45) is 5.41 Å². The molecular formula is C15H24N2O3S. The van der Waals surface area contributed by atoms with E-state index < -0.39 is 15.3 Å². The van der Waals surface area contributed by atoms with Crippen molar-refractivity contribution in [3.05, 3.63) is 29.8 Å². The third-order valence-electron chi connectivity index (χ3n) is 3.50. The zero-order chi connectivity index (χ0) is 16.3. The Labute approximate surface area is 127 Å². The molecule has 0 saturated heterocycles. The van der Waals surface area contributed by atoms with E-state index in [0.717, 1.165) is 5.56 Å². The van der Waals surface area contributed by atoms with Crippen molar-refractivity contribution in [3.8, 4) is 0 Å². The van der Waals surface area contributed by atoms with Gasteiger partial charge in [0.15, 0.2) is 9.84 Å². The second-order valence-corrected chi connectivity index (χ2v) is 7.92. The van der Waals surface area contributed by atoms with Crippen molar-refractivity contribution in [2.45, 2.75) is 31.7 Å². The van der Waals surface area contributed by atoms with Crippen molar-refractivity contribution >= 4 is 15.7 Å². The van der Waals surface area contributed by atoms with Gasteiger partial charge in [-0.3, -0.25) is 4.79 Å². The van der Waals surface area contributed by atoms with E-state index in [9.17, 15) is 13.2 Å². The fraction of sp³-hybridized carbons (Fsp3) is 0.533. The van der Waals surface area contributed by atoms with E-state index in [1.54, 1.807) is 31.3 Å². The third kappa shape index (κ3) is 4.82. The van der Waals surface area contributed by atoms with Crippen LogP contribution in [0.25, 0.3) is 0 Å². The third-order valence-corrected chi connectivity index (χ3v) is 4.63. The quantitative estimate of drug-likeness (QED) is 0.835. The lowest BCUT2D eigenvalue weighted by molar-refractivity contribution is -0.128. The molecule has 1 rings (SSSR count). The molecule has 0 saturated carbocycles. The van der Waals surface area contributed by atoms with Crippen LogP contribution in [0.4, 0.5) is 0 Å². The lowest BCUT2D eigenvalue weighted by Crippen LogP contribution is -2.42. The van der Waals surface area contributed by atoms with E-state index in [1.165, 1.54) is 6.26 Å². The second kappa shape index (κ2) is 6.58. The maximum Gasteiger partial charge on any atom is 0.226 e. The lowest BCUT2D eigenvalue weighted by Gasteiger charge is -2.25. The summed E-state index contributed by atoms with van der Waals surface area (Å²) in [6, 6.07) is 6.82. The van der Waals surface area contributed by atoms with Crippen molar-refractivity contribution < 1.29 is 13.2 Å². The number of carbonyl (C=O) groups excluding carboxylic acids is 1. The number of hydrogen-bond acceptors (Lipinski definition) is 4. The summed E-state index contributed by atoms with van der Waals surface area (Å²) < 4.78 is 22.8. The number of carbonyl (C=O) groups is 1. The Morgan fingerprint density at radius 3 is 2.19 bits per heavy atom. The average molecular weight is 312 g/mol. The molecule has 0 aliphatic rings. The molecule has 0 aliphatic heterocycles. The first-order valence-corrected chi connectivity index (χ1v) is 8.72. The molecule has 5 nitrogen and oxygen atoms in total. The van der Waals surface area contributed by atoms with Crippen LogP contribution in [0.5, 0.6) is 0 Å². The topological polar surface area (TPSA) is 75.3 Å². The van der Waals surface area contributed by atoms with Gasteiger partial charge >= 0.3 is 0 Å². The molecule has 1 amide bonds. The van der Waals surface area contributed by atoms with Gasteiger partial charge in [0.25, 0.3) is 0 Å². The molecule has 0 aliphatic carbocycles. The van der Waals surface area contributed by atoms with Gasteiger partial charge in [-0.05, 0) is 38.5 Å². The minimum Gasteiger partial charge on any atom is -0.359 e. The number of nitrogens with one attached hydrogen (secondary N) is 2. The van der Waals surface area contributed by atoms with Crippen LogP contribution in [-0.2, 0) is 14.6 Å². The summed E-state index contributed by atoms with van der Waals surface area (Å²) in [5, 5.41) is 5.95. The van der Waals surface area contributed by atoms with Crippen LogP contribution < -0.4 is 10.6 Å². The fourth-order valence-electron chi connectivity index (χ4n) is 1.95. The van der Waals surface area contributed by atoms with Gasteiger partial charge in [0, 0.05) is 25.9 Å². The summed E-state index contributed by atoms with van der Waals surface area (Å²) in [6.07, 6.45) is 1.19. The Balaban J connectivity index is 2.73. The average Bonchev–Trinajstić information content (AvgIpc) is 2.43. The molecule has 2 N–H and O–H groups in total.